The van der Waals surface area contributed by atoms with Gasteiger partial charge in [-0.25, -0.2) is 4.98 Å². The highest BCUT2D eigenvalue weighted by molar-refractivity contribution is 8.26. The van der Waals surface area contributed by atoms with E-state index in [9.17, 15) is 9.59 Å². The van der Waals surface area contributed by atoms with Crippen LogP contribution in [0, 0.1) is 0 Å². The van der Waals surface area contributed by atoms with E-state index in [4.69, 9.17) is 17.2 Å². The Hall–Kier alpha value is -2.19. The number of thiocarbonyl (C=S) groups is 1. The summed E-state index contributed by atoms with van der Waals surface area (Å²) in [6, 6.07) is 5.50. The number of hydrogen-bond donors (Lipinski definition) is 0. The molecule has 2 aromatic rings. The van der Waals surface area contributed by atoms with Crippen molar-refractivity contribution in [3.05, 3.63) is 45.2 Å². The molecule has 27 heavy (non-hydrogen) atoms. The number of likely N-dealkylation sites (N-methyl/N-ethyl adjacent to an activating group) is 1. The SMILES string of the molecule is CCN1C(=O)C(=Cc2c(N3CCCCC3)nc3ccccn3c2=O)SC1=S. The van der Waals surface area contributed by atoms with Gasteiger partial charge in [0.1, 0.15) is 15.8 Å². The molecule has 2 aromatic heterocycles. The van der Waals surface area contributed by atoms with Crippen molar-refractivity contribution in [1.29, 1.82) is 0 Å². The van der Waals surface area contributed by atoms with Gasteiger partial charge in [-0.1, -0.05) is 30.0 Å². The van der Waals surface area contributed by atoms with Gasteiger partial charge in [-0.3, -0.25) is 18.9 Å². The fraction of sp³-hybridized carbons (Fsp3) is 0.368. The van der Waals surface area contributed by atoms with Crippen molar-refractivity contribution in [2.24, 2.45) is 0 Å². The third-order valence-corrected chi connectivity index (χ3v) is 6.25. The first kappa shape index (κ1) is 18.2. The van der Waals surface area contributed by atoms with Gasteiger partial charge in [-0.15, -0.1) is 0 Å². The molecule has 0 aromatic carbocycles. The average molecular weight is 401 g/mol. The minimum absolute atomic E-state index is 0.144. The van der Waals surface area contributed by atoms with Gasteiger partial charge >= 0.3 is 0 Å². The molecule has 0 bridgehead atoms. The van der Waals surface area contributed by atoms with Gasteiger partial charge in [-0.2, -0.15) is 0 Å². The van der Waals surface area contributed by atoms with E-state index < -0.39 is 0 Å². The number of pyridine rings is 1. The molecule has 0 unspecified atom stereocenters. The highest BCUT2D eigenvalue weighted by Crippen LogP contribution is 2.33. The topological polar surface area (TPSA) is 57.9 Å². The zero-order chi connectivity index (χ0) is 19.0. The van der Waals surface area contributed by atoms with E-state index in [1.165, 1.54) is 22.6 Å². The number of anilines is 1. The van der Waals surface area contributed by atoms with Gasteiger partial charge < -0.3 is 4.90 Å². The molecule has 140 valence electrons. The zero-order valence-corrected chi connectivity index (χ0v) is 16.7. The summed E-state index contributed by atoms with van der Waals surface area (Å²) in [7, 11) is 0. The number of amides is 1. The largest absolute Gasteiger partial charge is 0.356 e. The molecule has 0 aliphatic carbocycles. The Bertz CT molecular complexity index is 1010. The van der Waals surface area contributed by atoms with Gasteiger partial charge in [0.25, 0.3) is 11.5 Å². The highest BCUT2D eigenvalue weighted by Gasteiger charge is 2.31. The summed E-state index contributed by atoms with van der Waals surface area (Å²) in [5.74, 6) is 0.516. The van der Waals surface area contributed by atoms with E-state index in [-0.39, 0.29) is 11.5 Å². The normalized spacial score (nSPS) is 19.5. The Morgan fingerprint density at radius 3 is 2.70 bits per heavy atom. The lowest BCUT2D eigenvalue weighted by atomic mass is 10.1. The second-order valence-corrected chi connectivity index (χ2v) is 8.23. The monoisotopic (exact) mass is 400 g/mol. The van der Waals surface area contributed by atoms with E-state index in [0.717, 1.165) is 25.9 Å². The van der Waals surface area contributed by atoms with Crippen molar-refractivity contribution in [2.45, 2.75) is 26.2 Å². The van der Waals surface area contributed by atoms with Crippen LogP contribution in [0.1, 0.15) is 31.7 Å². The number of aromatic nitrogens is 2. The second kappa shape index (κ2) is 7.44. The fourth-order valence-electron chi connectivity index (χ4n) is 3.47. The molecule has 2 aliphatic rings. The van der Waals surface area contributed by atoms with Crippen molar-refractivity contribution in [1.82, 2.24) is 14.3 Å². The molecule has 2 saturated heterocycles. The summed E-state index contributed by atoms with van der Waals surface area (Å²) in [6.45, 7) is 4.15. The van der Waals surface area contributed by atoms with Crippen LogP contribution >= 0.6 is 24.0 Å². The summed E-state index contributed by atoms with van der Waals surface area (Å²) in [5.41, 5.74) is 0.904. The number of fused-ring (bicyclic) bond motifs is 1. The van der Waals surface area contributed by atoms with E-state index in [1.54, 1.807) is 23.2 Å². The lowest BCUT2D eigenvalue weighted by molar-refractivity contribution is -0.121. The first-order chi connectivity index (χ1) is 13.1. The number of rotatable bonds is 3. The van der Waals surface area contributed by atoms with Crippen LogP contribution in [0.15, 0.2) is 34.1 Å². The minimum atomic E-state index is -0.164. The van der Waals surface area contributed by atoms with E-state index >= 15 is 0 Å². The third-order valence-electron chi connectivity index (χ3n) is 4.87. The maximum Gasteiger partial charge on any atom is 0.267 e. The molecule has 4 heterocycles. The molecule has 8 heteroatoms. The number of carbonyl (C=O) groups excluding carboxylic acids is 1. The Morgan fingerprint density at radius 1 is 1.22 bits per heavy atom. The Morgan fingerprint density at radius 2 is 2.00 bits per heavy atom. The maximum absolute atomic E-state index is 13.2. The number of nitrogens with zero attached hydrogens (tertiary/aromatic N) is 4. The van der Waals surface area contributed by atoms with E-state index in [1.807, 2.05) is 19.1 Å². The minimum Gasteiger partial charge on any atom is -0.356 e. The Labute approximate surface area is 166 Å². The highest BCUT2D eigenvalue weighted by atomic mass is 32.2. The van der Waals surface area contributed by atoms with Crippen molar-refractivity contribution < 1.29 is 4.79 Å². The van der Waals surface area contributed by atoms with Crippen LogP contribution in [-0.2, 0) is 4.79 Å². The summed E-state index contributed by atoms with van der Waals surface area (Å²) in [6.07, 6.45) is 6.72. The molecule has 2 aliphatic heterocycles. The first-order valence-corrected chi connectivity index (χ1v) is 10.3. The fourth-order valence-corrected chi connectivity index (χ4v) is 4.83. The summed E-state index contributed by atoms with van der Waals surface area (Å²) >= 11 is 6.54. The van der Waals surface area contributed by atoms with Crippen molar-refractivity contribution in [3.63, 3.8) is 0 Å². The molecular formula is C19H20N4O2S2. The van der Waals surface area contributed by atoms with E-state index in [2.05, 4.69) is 4.90 Å². The van der Waals surface area contributed by atoms with Gasteiger partial charge in [0.05, 0.1) is 10.5 Å². The van der Waals surface area contributed by atoms with Crippen LogP contribution < -0.4 is 10.5 Å². The molecule has 0 spiro atoms. The molecule has 0 saturated carbocycles. The van der Waals surface area contributed by atoms with Crippen molar-refractivity contribution in [3.8, 4) is 0 Å². The summed E-state index contributed by atoms with van der Waals surface area (Å²) in [5, 5.41) is 0. The van der Waals surface area contributed by atoms with Crippen LogP contribution in [0.3, 0.4) is 0 Å². The molecule has 6 nitrogen and oxygen atoms in total. The molecule has 0 atom stereocenters. The van der Waals surface area contributed by atoms with E-state index in [0.29, 0.717) is 32.8 Å². The number of carbonyl (C=O) groups is 1. The van der Waals surface area contributed by atoms with Crippen molar-refractivity contribution in [2.75, 3.05) is 24.5 Å². The molecule has 4 rings (SSSR count). The average Bonchev–Trinajstić information content (AvgIpc) is 2.97. The lowest BCUT2D eigenvalue weighted by Crippen LogP contribution is -2.33. The first-order valence-electron chi connectivity index (χ1n) is 9.12. The van der Waals surface area contributed by atoms with Crippen molar-refractivity contribution >= 4 is 51.7 Å². The predicted molar refractivity (Wildman–Crippen MR) is 113 cm³/mol. The van der Waals surface area contributed by atoms with Gasteiger partial charge in [0.15, 0.2) is 0 Å². The van der Waals surface area contributed by atoms with Crippen LogP contribution in [0.25, 0.3) is 11.7 Å². The lowest BCUT2D eigenvalue weighted by Gasteiger charge is -2.29. The zero-order valence-electron chi connectivity index (χ0n) is 15.1. The molecule has 1 amide bonds. The van der Waals surface area contributed by atoms with Crippen LogP contribution in [-0.4, -0.2) is 44.1 Å². The van der Waals surface area contributed by atoms with Gasteiger partial charge in [-0.05, 0) is 44.4 Å². The quantitative estimate of drug-likeness (QED) is 0.583. The molecular weight excluding hydrogens is 380 g/mol. The number of hydrogen-bond acceptors (Lipinski definition) is 6. The second-order valence-electron chi connectivity index (χ2n) is 6.56. The predicted octanol–water partition coefficient (Wildman–Crippen LogP) is 2.91. The van der Waals surface area contributed by atoms with Crippen LogP contribution in [0.2, 0.25) is 0 Å². The van der Waals surface area contributed by atoms with Crippen LogP contribution in [0.4, 0.5) is 5.82 Å². The Kier molecular flexibility index (Phi) is 5.01. The third kappa shape index (κ3) is 3.27. The standard InChI is InChI=1S/C19H20N4O2S2/c1-2-22-18(25)14(27-19(22)26)12-13-16(21-9-5-3-6-10-21)20-15-8-4-7-11-23(15)17(13)24/h4,7-8,11-12H,2-3,5-6,9-10H2,1H3. The summed E-state index contributed by atoms with van der Waals surface area (Å²) < 4.78 is 2.06. The van der Waals surface area contributed by atoms with Gasteiger partial charge in [0.2, 0.25) is 0 Å². The van der Waals surface area contributed by atoms with Crippen LogP contribution in [0.5, 0.6) is 0 Å². The molecule has 0 N–H and O–H groups in total. The summed E-state index contributed by atoms with van der Waals surface area (Å²) in [4.78, 5) is 34.8. The Balaban J connectivity index is 1.89. The number of piperidine rings is 1. The molecule has 0 radical (unpaired) electrons. The molecule has 2 fully saturated rings. The smallest absolute Gasteiger partial charge is 0.267 e. The number of thioether (sulfide) groups is 1. The maximum atomic E-state index is 13.2. The van der Waals surface area contributed by atoms with Gasteiger partial charge in [0, 0.05) is 25.8 Å².